The first-order chi connectivity index (χ1) is 13.5. The number of nitrogens with zero attached hydrogens (tertiary/aromatic N) is 4. The number of carbonyl (C=O) groups excluding carboxylic acids is 1. The molecule has 7 heteroatoms. The van der Waals surface area contributed by atoms with Gasteiger partial charge >= 0.3 is 0 Å². The molecule has 0 spiro atoms. The van der Waals surface area contributed by atoms with Crippen LogP contribution in [-0.4, -0.2) is 30.6 Å². The van der Waals surface area contributed by atoms with Crippen molar-refractivity contribution in [3.05, 3.63) is 82.5 Å². The Hall–Kier alpha value is -3.19. The summed E-state index contributed by atoms with van der Waals surface area (Å²) in [5.41, 5.74) is 2.01. The lowest BCUT2D eigenvalue weighted by atomic mass is 10.2. The minimum Gasteiger partial charge on any atom is -0.348 e. The minimum absolute atomic E-state index is 0.0244. The predicted octanol–water partition coefficient (Wildman–Crippen LogP) is 3.40. The number of hydrogen-bond acceptors (Lipinski definition) is 5. The molecule has 0 saturated carbocycles. The molecule has 0 amide bonds. The highest BCUT2D eigenvalue weighted by Crippen LogP contribution is 2.22. The summed E-state index contributed by atoms with van der Waals surface area (Å²) < 4.78 is 3.27. The van der Waals surface area contributed by atoms with Crippen molar-refractivity contribution in [1.82, 2.24) is 19.1 Å². The van der Waals surface area contributed by atoms with Gasteiger partial charge in [0.05, 0.1) is 22.3 Å². The maximum atomic E-state index is 13.2. The van der Waals surface area contributed by atoms with E-state index in [9.17, 15) is 9.59 Å². The molecule has 0 atom stereocenters. The van der Waals surface area contributed by atoms with Gasteiger partial charge in [-0.1, -0.05) is 23.9 Å². The van der Waals surface area contributed by atoms with Crippen LogP contribution in [0.5, 0.6) is 0 Å². The van der Waals surface area contributed by atoms with Crippen molar-refractivity contribution in [3.8, 4) is 5.82 Å². The van der Waals surface area contributed by atoms with Crippen molar-refractivity contribution >= 4 is 28.4 Å². The Kier molecular flexibility index (Phi) is 4.83. The first-order valence-electron chi connectivity index (χ1n) is 8.77. The zero-order valence-electron chi connectivity index (χ0n) is 15.5. The molecule has 3 aromatic heterocycles. The summed E-state index contributed by atoms with van der Waals surface area (Å²) in [4.78, 5) is 34.7. The fraction of sp³-hybridized carbons (Fsp3) is 0.143. The predicted molar refractivity (Wildman–Crippen MR) is 110 cm³/mol. The molecule has 4 rings (SSSR count). The third-order valence-corrected chi connectivity index (χ3v) is 5.38. The van der Waals surface area contributed by atoms with Gasteiger partial charge in [-0.3, -0.25) is 9.59 Å². The average Bonchev–Trinajstić information content (AvgIpc) is 3.12. The monoisotopic (exact) mass is 390 g/mol. The molecule has 0 radical (unpaired) electrons. The van der Waals surface area contributed by atoms with Crippen molar-refractivity contribution in [3.63, 3.8) is 0 Å². The number of fused-ring (bicyclic) bond motifs is 1. The van der Waals surface area contributed by atoms with Gasteiger partial charge in [-0.15, -0.1) is 0 Å². The number of aryl methyl sites for hydroxylation is 2. The molecule has 4 aromatic rings. The molecular formula is C21H18N4O2S. The lowest BCUT2D eigenvalue weighted by Gasteiger charge is -2.12. The smallest absolute Gasteiger partial charge is 0.267 e. The standard InChI is InChI=1S/C21H18N4O2S/c1-14-9-10-22-19(12-14)25-20(27)15-6-3-4-7-16(15)23-21(25)28-13-18(26)17-8-5-11-24(17)2/h3-12H,13H2,1-2H3. The number of rotatable bonds is 5. The van der Waals surface area contributed by atoms with Crippen molar-refractivity contribution in [2.24, 2.45) is 7.05 Å². The molecule has 0 N–H and O–H groups in total. The van der Waals surface area contributed by atoms with Crippen LogP contribution in [0, 0.1) is 6.92 Å². The summed E-state index contributed by atoms with van der Waals surface area (Å²) in [5.74, 6) is 0.648. The molecule has 0 aliphatic rings. The molecule has 140 valence electrons. The quantitative estimate of drug-likeness (QED) is 0.297. The highest BCUT2D eigenvalue weighted by atomic mass is 32.2. The summed E-state index contributed by atoms with van der Waals surface area (Å²) in [7, 11) is 1.83. The van der Waals surface area contributed by atoms with Crippen LogP contribution in [0.3, 0.4) is 0 Å². The first kappa shape index (κ1) is 18.2. The maximum Gasteiger partial charge on any atom is 0.267 e. The Morgan fingerprint density at radius 1 is 1.14 bits per heavy atom. The summed E-state index contributed by atoms with van der Waals surface area (Å²) in [5, 5.41) is 0.966. The Bertz CT molecular complexity index is 1240. The zero-order chi connectivity index (χ0) is 19.7. The van der Waals surface area contributed by atoms with E-state index in [1.807, 2.05) is 50.5 Å². The van der Waals surface area contributed by atoms with Crippen LogP contribution < -0.4 is 5.56 Å². The molecule has 0 fully saturated rings. The Morgan fingerprint density at radius 3 is 2.71 bits per heavy atom. The highest BCUT2D eigenvalue weighted by molar-refractivity contribution is 7.99. The number of aromatic nitrogens is 4. The van der Waals surface area contributed by atoms with Crippen molar-refractivity contribution in [2.75, 3.05) is 5.75 Å². The van der Waals surface area contributed by atoms with E-state index in [1.165, 1.54) is 16.3 Å². The topological polar surface area (TPSA) is 69.8 Å². The largest absolute Gasteiger partial charge is 0.348 e. The SMILES string of the molecule is Cc1ccnc(-n2c(SCC(=O)c3cccn3C)nc3ccccc3c2=O)c1. The molecule has 0 aliphatic carbocycles. The van der Waals surface area contributed by atoms with Crippen LogP contribution in [0.15, 0.2) is 70.9 Å². The van der Waals surface area contributed by atoms with Gasteiger partial charge in [0.25, 0.3) is 5.56 Å². The van der Waals surface area contributed by atoms with Crippen LogP contribution >= 0.6 is 11.8 Å². The van der Waals surface area contributed by atoms with E-state index >= 15 is 0 Å². The second-order valence-electron chi connectivity index (χ2n) is 6.46. The average molecular weight is 390 g/mol. The molecule has 6 nitrogen and oxygen atoms in total. The van der Waals surface area contributed by atoms with Crippen LogP contribution in [0.25, 0.3) is 16.7 Å². The van der Waals surface area contributed by atoms with Crippen LogP contribution in [-0.2, 0) is 7.05 Å². The van der Waals surface area contributed by atoms with E-state index in [0.717, 1.165) is 5.56 Å². The van der Waals surface area contributed by atoms with Crippen LogP contribution in [0.2, 0.25) is 0 Å². The Morgan fingerprint density at radius 2 is 1.96 bits per heavy atom. The minimum atomic E-state index is -0.197. The molecule has 1 aromatic carbocycles. The van der Waals surface area contributed by atoms with E-state index in [2.05, 4.69) is 9.97 Å². The molecule has 28 heavy (non-hydrogen) atoms. The third-order valence-electron chi connectivity index (χ3n) is 4.44. The molecule has 0 saturated heterocycles. The molecular weight excluding hydrogens is 372 g/mol. The summed E-state index contributed by atoms with van der Waals surface area (Å²) >= 11 is 1.24. The number of carbonyl (C=O) groups is 1. The zero-order valence-corrected chi connectivity index (χ0v) is 16.3. The van der Waals surface area contributed by atoms with E-state index in [0.29, 0.717) is 27.6 Å². The maximum absolute atomic E-state index is 13.2. The molecule has 3 heterocycles. The van der Waals surface area contributed by atoms with Gasteiger partial charge in [-0.25, -0.2) is 14.5 Å². The first-order valence-corrected chi connectivity index (χ1v) is 9.75. The van der Waals surface area contributed by atoms with Gasteiger partial charge in [0, 0.05) is 19.4 Å². The Balaban J connectivity index is 1.80. The number of Topliss-reactive ketones (excluding diaryl/α,β-unsaturated/α-hetero) is 1. The number of thioether (sulfide) groups is 1. The fourth-order valence-corrected chi connectivity index (χ4v) is 3.89. The number of hydrogen-bond donors (Lipinski definition) is 0. The van der Waals surface area contributed by atoms with Gasteiger partial charge < -0.3 is 4.57 Å². The Labute approximate surface area is 165 Å². The number of para-hydroxylation sites is 1. The molecule has 0 bridgehead atoms. The second-order valence-corrected chi connectivity index (χ2v) is 7.40. The molecule has 0 unspecified atom stereocenters. The van der Waals surface area contributed by atoms with Gasteiger partial charge in [0.1, 0.15) is 5.82 Å². The van der Waals surface area contributed by atoms with Crippen molar-refractivity contribution < 1.29 is 4.79 Å². The highest BCUT2D eigenvalue weighted by Gasteiger charge is 2.17. The van der Waals surface area contributed by atoms with E-state index in [-0.39, 0.29) is 17.1 Å². The lowest BCUT2D eigenvalue weighted by molar-refractivity contribution is 0.101. The van der Waals surface area contributed by atoms with Gasteiger partial charge in [0.15, 0.2) is 10.9 Å². The lowest BCUT2D eigenvalue weighted by Crippen LogP contribution is -2.23. The number of pyridine rings is 1. The van der Waals surface area contributed by atoms with Gasteiger partial charge in [-0.05, 0) is 48.9 Å². The van der Waals surface area contributed by atoms with Gasteiger partial charge in [0.2, 0.25) is 0 Å². The van der Waals surface area contributed by atoms with Crippen molar-refractivity contribution in [2.45, 2.75) is 12.1 Å². The molecule has 0 aliphatic heterocycles. The van der Waals surface area contributed by atoms with Crippen LogP contribution in [0.1, 0.15) is 16.1 Å². The second kappa shape index (κ2) is 7.44. The number of benzene rings is 1. The fourth-order valence-electron chi connectivity index (χ4n) is 3.01. The van der Waals surface area contributed by atoms with Gasteiger partial charge in [-0.2, -0.15) is 0 Å². The third kappa shape index (κ3) is 3.36. The van der Waals surface area contributed by atoms with Crippen molar-refractivity contribution in [1.29, 1.82) is 0 Å². The van der Waals surface area contributed by atoms with E-state index in [1.54, 1.807) is 29.0 Å². The van der Waals surface area contributed by atoms with E-state index in [4.69, 9.17) is 0 Å². The summed E-state index contributed by atoms with van der Waals surface area (Å²) in [6.45, 7) is 1.94. The number of ketones is 1. The summed E-state index contributed by atoms with van der Waals surface area (Å²) in [6, 6.07) is 14.5. The summed E-state index contributed by atoms with van der Waals surface area (Å²) in [6.07, 6.45) is 3.49. The van der Waals surface area contributed by atoms with Crippen LogP contribution in [0.4, 0.5) is 0 Å². The van der Waals surface area contributed by atoms with E-state index < -0.39 is 0 Å². The normalized spacial score (nSPS) is 11.1.